The molecule has 0 radical (unpaired) electrons. The van der Waals surface area contributed by atoms with Gasteiger partial charge in [0, 0.05) is 25.4 Å². The van der Waals surface area contributed by atoms with Gasteiger partial charge in [-0.05, 0) is 43.1 Å². The minimum atomic E-state index is 0.929. The van der Waals surface area contributed by atoms with E-state index in [4.69, 9.17) is 0 Å². The topological polar surface area (TPSA) is 21.1 Å². The van der Waals surface area contributed by atoms with E-state index < -0.39 is 0 Å². The van der Waals surface area contributed by atoms with Crippen LogP contribution in [0.2, 0.25) is 0 Å². The number of thioether (sulfide) groups is 1. The van der Waals surface area contributed by atoms with Crippen molar-refractivity contribution >= 4 is 27.7 Å². The summed E-state index contributed by atoms with van der Waals surface area (Å²) in [7, 11) is 2.16. The van der Waals surface area contributed by atoms with Crippen molar-refractivity contribution < 1.29 is 0 Å². The third kappa shape index (κ3) is 3.50. The van der Waals surface area contributed by atoms with Gasteiger partial charge in [-0.3, -0.25) is 9.58 Å². The first kappa shape index (κ1) is 14.1. The largest absolute Gasteiger partial charge is 0.300 e. The molecule has 16 heavy (non-hydrogen) atoms. The molecule has 0 saturated carbocycles. The Morgan fingerprint density at radius 1 is 1.50 bits per heavy atom. The zero-order valence-electron chi connectivity index (χ0n) is 10.5. The molecule has 0 aromatic carbocycles. The van der Waals surface area contributed by atoms with Crippen molar-refractivity contribution in [3.63, 3.8) is 0 Å². The van der Waals surface area contributed by atoms with Gasteiger partial charge in [-0.25, -0.2) is 0 Å². The molecule has 0 aliphatic heterocycles. The summed E-state index contributed by atoms with van der Waals surface area (Å²) < 4.78 is 3.24. The van der Waals surface area contributed by atoms with E-state index in [2.05, 4.69) is 50.8 Å². The lowest BCUT2D eigenvalue weighted by Crippen LogP contribution is -2.22. The second kappa shape index (κ2) is 6.67. The van der Waals surface area contributed by atoms with Crippen molar-refractivity contribution in [1.29, 1.82) is 0 Å². The number of nitrogens with zero attached hydrogens (tertiary/aromatic N) is 3. The number of rotatable bonds is 6. The summed E-state index contributed by atoms with van der Waals surface area (Å²) in [4.78, 5) is 2.34. The Labute approximate surface area is 111 Å². The number of aromatic nitrogens is 2. The maximum Gasteiger partial charge on any atom is 0.0739 e. The van der Waals surface area contributed by atoms with E-state index in [1.165, 1.54) is 11.4 Å². The third-order valence-corrected chi connectivity index (χ3v) is 4.17. The van der Waals surface area contributed by atoms with E-state index in [0.717, 1.165) is 29.8 Å². The molecule has 0 amide bonds. The molecule has 0 bridgehead atoms. The lowest BCUT2D eigenvalue weighted by Gasteiger charge is -2.16. The van der Waals surface area contributed by atoms with Gasteiger partial charge in [0.2, 0.25) is 0 Å². The van der Waals surface area contributed by atoms with Gasteiger partial charge in [0.25, 0.3) is 0 Å². The molecule has 3 nitrogen and oxygen atoms in total. The highest BCUT2D eigenvalue weighted by molar-refractivity contribution is 9.10. The quantitative estimate of drug-likeness (QED) is 0.806. The maximum atomic E-state index is 4.50. The summed E-state index contributed by atoms with van der Waals surface area (Å²) >= 11 is 5.51. The predicted octanol–water partition coefficient (Wildman–Crippen LogP) is 2.77. The molecular formula is C11H20BrN3S. The first-order valence-electron chi connectivity index (χ1n) is 5.49. The van der Waals surface area contributed by atoms with Crippen LogP contribution in [0.25, 0.3) is 0 Å². The average Bonchev–Trinajstić information content (AvgIpc) is 2.54. The van der Waals surface area contributed by atoms with Crippen LogP contribution in [0, 0.1) is 6.92 Å². The van der Waals surface area contributed by atoms with Crippen LogP contribution >= 0.6 is 27.7 Å². The van der Waals surface area contributed by atoms with Gasteiger partial charge < -0.3 is 0 Å². The highest BCUT2D eigenvalue weighted by Gasteiger charge is 2.13. The SMILES string of the molecule is CCn1nc(C)c(Br)c1CN(C)CCSC. The number of halogens is 1. The van der Waals surface area contributed by atoms with Crippen LogP contribution in [-0.4, -0.2) is 40.3 Å². The van der Waals surface area contributed by atoms with Gasteiger partial charge in [0.15, 0.2) is 0 Å². The summed E-state index contributed by atoms with van der Waals surface area (Å²) in [6.07, 6.45) is 2.14. The van der Waals surface area contributed by atoms with Crippen molar-refractivity contribution in [1.82, 2.24) is 14.7 Å². The third-order valence-electron chi connectivity index (χ3n) is 2.55. The van der Waals surface area contributed by atoms with Crippen LogP contribution in [0.5, 0.6) is 0 Å². The van der Waals surface area contributed by atoms with Gasteiger partial charge in [-0.1, -0.05) is 0 Å². The Morgan fingerprint density at radius 3 is 2.75 bits per heavy atom. The molecular weight excluding hydrogens is 286 g/mol. The van der Waals surface area contributed by atoms with E-state index in [-0.39, 0.29) is 0 Å². The van der Waals surface area contributed by atoms with Crippen molar-refractivity contribution in [3.05, 3.63) is 15.9 Å². The van der Waals surface area contributed by atoms with Gasteiger partial charge in [0.05, 0.1) is 15.9 Å². The zero-order valence-corrected chi connectivity index (χ0v) is 12.9. The summed E-state index contributed by atoms with van der Waals surface area (Å²) in [6.45, 7) is 7.17. The molecule has 1 heterocycles. The Morgan fingerprint density at radius 2 is 2.19 bits per heavy atom. The van der Waals surface area contributed by atoms with Crippen molar-refractivity contribution in [2.75, 3.05) is 25.6 Å². The monoisotopic (exact) mass is 305 g/mol. The second-order valence-electron chi connectivity index (χ2n) is 3.89. The Hall–Kier alpha value is -0.0000000000000000555. The minimum absolute atomic E-state index is 0.929. The van der Waals surface area contributed by atoms with Gasteiger partial charge in [0.1, 0.15) is 0 Å². The average molecular weight is 306 g/mol. The van der Waals surface area contributed by atoms with Crippen LogP contribution in [0.1, 0.15) is 18.3 Å². The summed E-state index contributed by atoms with van der Waals surface area (Å²) in [5.74, 6) is 1.17. The molecule has 0 aliphatic rings. The van der Waals surface area contributed by atoms with E-state index in [1.807, 2.05) is 18.7 Å². The van der Waals surface area contributed by atoms with Gasteiger partial charge >= 0.3 is 0 Å². The molecule has 1 aromatic rings. The Kier molecular flexibility index (Phi) is 5.86. The Bertz CT molecular complexity index is 338. The van der Waals surface area contributed by atoms with Crippen molar-refractivity contribution in [2.24, 2.45) is 0 Å². The molecule has 5 heteroatoms. The molecule has 0 N–H and O–H groups in total. The number of hydrogen-bond acceptors (Lipinski definition) is 3. The molecule has 1 aromatic heterocycles. The number of aryl methyl sites for hydroxylation is 2. The van der Waals surface area contributed by atoms with E-state index in [9.17, 15) is 0 Å². The molecule has 0 aliphatic carbocycles. The van der Waals surface area contributed by atoms with Crippen LogP contribution in [0.4, 0.5) is 0 Å². The molecule has 0 spiro atoms. The zero-order chi connectivity index (χ0) is 12.1. The molecule has 0 atom stereocenters. The lowest BCUT2D eigenvalue weighted by molar-refractivity contribution is 0.334. The fourth-order valence-electron chi connectivity index (χ4n) is 1.60. The summed E-state index contributed by atoms with van der Waals surface area (Å²) in [5.41, 5.74) is 2.36. The maximum absolute atomic E-state index is 4.50. The lowest BCUT2D eigenvalue weighted by atomic mass is 10.3. The first-order valence-corrected chi connectivity index (χ1v) is 7.68. The summed E-state index contributed by atoms with van der Waals surface area (Å²) in [6, 6.07) is 0. The van der Waals surface area contributed by atoms with Gasteiger partial charge in [-0.2, -0.15) is 16.9 Å². The standard InChI is InChI=1S/C11H20BrN3S/c1-5-15-10(11(12)9(2)13-15)8-14(3)6-7-16-4/h5-8H2,1-4H3. The summed E-state index contributed by atoms with van der Waals surface area (Å²) in [5, 5.41) is 4.50. The smallest absolute Gasteiger partial charge is 0.0739 e. The van der Waals surface area contributed by atoms with Crippen molar-refractivity contribution in [3.8, 4) is 0 Å². The van der Waals surface area contributed by atoms with Gasteiger partial charge in [-0.15, -0.1) is 0 Å². The van der Waals surface area contributed by atoms with Crippen LogP contribution in [0.3, 0.4) is 0 Å². The second-order valence-corrected chi connectivity index (χ2v) is 5.67. The molecule has 0 saturated heterocycles. The highest BCUT2D eigenvalue weighted by atomic mass is 79.9. The fourth-order valence-corrected chi connectivity index (χ4v) is 2.51. The minimum Gasteiger partial charge on any atom is -0.300 e. The van der Waals surface area contributed by atoms with Crippen LogP contribution in [0.15, 0.2) is 4.47 Å². The Balaban J connectivity index is 2.71. The molecule has 92 valence electrons. The van der Waals surface area contributed by atoms with E-state index in [1.54, 1.807) is 0 Å². The predicted molar refractivity (Wildman–Crippen MR) is 75.1 cm³/mol. The first-order chi connectivity index (χ1) is 7.60. The molecule has 1 rings (SSSR count). The van der Waals surface area contributed by atoms with Crippen LogP contribution < -0.4 is 0 Å². The highest BCUT2D eigenvalue weighted by Crippen LogP contribution is 2.22. The normalized spacial score (nSPS) is 11.4. The molecule has 0 unspecified atom stereocenters. The van der Waals surface area contributed by atoms with E-state index >= 15 is 0 Å². The van der Waals surface area contributed by atoms with Crippen molar-refractivity contribution in [2.45, 2.75) is 26.9 Å². The van der Waals surface area contributed by atoms with Crippen LogP contribution in [-0.2, 0) is 13.1 Å². The number of hydrogen-bond donors (Lipinski definition) is 0. The van der Waals surface area contributed by atoms with E-state index in [0.29, 0.717) is 0 Å². The molecule has 0 fully saturated rings. The fraction of sp³-hybridized carbons (Fsp3) is 0.727.